The first-order valence-corrected chi connectivity index (χ1v) is 23.9. The molecule has 1 unspecified atom stereocenters. The number of anilines is 2. The van der Waals surface area contributed by atoms with E-state index < -0.39 is 5.92 Å². The van der Waals surface area contributed by atoms with Crippen molar-refractivity contribution in [2.24, 2.45) is 5.92 Å². The number of unbranched alkanes of at least 4 members (excludes halogenated alkanes) is 18. The van der Waals surface area contributed by atoms with E-state index in [1.165, 1.54) is 116 Å². The molecule has 58 heavy (non-hydrogen) atoms. The minimum atomic E-state index is -0.631. The van der Waals surface area contributed by atoms with Crippen LogP contribution in [0.5, 0.6) is 0 Å². The number of hydrogen-bond acceptors (Lipinski definition) is 5. The van der Waals surface area contributed by atoms with Crippen LogP contribution < -0.4 is 9.80 Å². The standard InChI is InChI=1S/C51H64Br2N4O/c1-3-5-7-9-11-13-15-17-19-21-29-56-31-27-39(44-25-23-42(52)35-48(44)56)33-46-50(41(37-54)38-55)47(51(46)58)34-40-28-32-57(49-36-43(53)24-26-45(40)49)30-22-20-18-16-14-12-10-8-6-4-2/h23-28,31-36,46,54H,3-22,29-30H2,1-2H3/b39-33+,40-34+. The molecule has 0 aromatic heterocycles. The summed E-state index contributed by atoms with van der Waals surface area (Å²) in [5, 5.41) is 18.1. The molecule has 5 nitrogen and oxygen atoms in total. The number of allylic oxidation sites excluding steroid dienone is 9. The van der Waals surface area contributed by atoms with Crippen molar-refractivity contribution in [1.82, 2.24) is 0 Å². The number of nitrogens with one attached hydrogen (secondary N) is 1. The summed E-state index contributed by atoms with van der Waals surface area (Å²) in [6.45, 7) is 6.41. The number of nitrogens with zero attached hydrogens (tertiary/aromatic N) is 3. The number of carbonyl (C=O) groups excluding carboxylic acids is 1. The minimum Gasteiger partial charge on any atom is -0.347 e. The summed E-state index contributed by atoms with van der Waals surface area (Å²) < 4.78 is 2.02. The lowest BCUT2D eigenvalue weighted by Gasteiger charge is -2.32. The maximum atomic E-state index is 14.1. The molecule has 0 amide bonds. The number of rotatable bonds is 25. The number of fused-ring (bicyclic) bond motifs is 2. The fourth-order valence-corrected chi connectivity index (χ4v) is 9.16. The zero-order valence-corrected chi connectivity index (χ0v) is 38.2. The third kappa shape index (κ3) is 12.7. The second kappa shape index (κ2) is 24.4. The normalized spacial score (nSPS) is 17.1. The Morgan fingerprint density at radius 3 is 1.55 bits per heavy atom. The van der Waals surface area contributed by atoms with Gasteiger partial charge in [-0.1, -0.05) is 179 Å². The summed E-state index contributed by atoms with van der Waals surface area (Å²) >= 11 is 7.38. The molecule has 7 heteroatoms. The highest BCUT2D eigenvalue weighted by Crippen LogP contribution is 2.44. The van der Waals surface area contributed by atoms with E-state index in [9.17, 15) is 10.1 Å². The lowest BCUT2D eigenvalue weighted by atomic mass is 9.71. The van der Waals surface area contributed by atoms with E-state index in [0.29, 0.717) is 11.1 Å². The summed E-state index contributed by atoms with van der Waals surface area (Å²) in [5.74, 6) is 1.68. The van der Waals surface area contributed by atoms with Gasteiger partial charge in [-0.15, -0.1) is 0 Å². The van der Waals surface area contributed by atoms with E-state index in [2.05, 4.69) is 116 Å². The molecule has 0 spiro atoms. The Kier molecular flexibility index (Phi) is 19.1. The van der Waals surface area contributed by atoms with Crippen LogP contribution in [0.4, 0.5) is 11.4 Å². The first-order valence-electron chi connectivity index (χ1n) is 22.3. The quantitative estimate of drug-likeness (QED) is 0.0612. The maximum Gasteiger partial charge on any atom is 0.174 e. The highest BCUT2D eigenvalue weighted by Gasteiger charge is 2.40. The number of nitriles is 1. The van der Waals surface area contributed by atoms with Gasteiger partial charge in [0.2, 0.25) is 0 Å². The smallest absolute Gasteiger partial charge is 0.174 e. The molecule has 308 valence electrons. The largest absolute Gasteiger partial charge is 0.347 e. The monoisotopic (exact) mass is 906 g/mol. The Morgan fingerprint density at radius 1 is 0.672 bits per heavy atom. The fraction of sp³-hybridized carbons (Fsp3) is 0.490. The van der Waals surface area contributed by atoms with Crippen molar-refractivity contribution in [2.45, 2.75) is 142 Å². The molecular formula is C51H64Br2N4O. The molecule has 1 aliphatic carbocycles. The SMILES string of the molecule is CCCCCCCCCCCCN1C=C/C(=C\C2=C(C(=C=N)C#N)C(/C=C3\C=CN(CCCCCCCCCCCC)c4cc(Br)ccc43)C2=O)c2ccc(Br)cc21. The predicted molar refractivity (Wildman–Crippen MR) is 253 cm³/mol. The van der Waals surface area contributed by atoms with E-state index in [-0.39, 0.29) is 11.4 Å². The van der Waals surface area contributed by atoms with Crippen LogP contribution in [-0.2, 0) is 4.79 Å². The Bertz CT molecular complexity index is 1960. The third-order valence-electron chi connectivity index (χ3n) is 11.8. The first-order chi connectivity index (χ1) is 28.4. The lowest BCUT2D eigenvalue weighted by molar-refractivity contribution is -0.118. The molecule has 0 radical (unpaired) electrons. The van der Waals surface area contributed by atoms with Crippen molar-refractivity contribution in [3.05, 3.63) is 110 Å². The van der Waals surface area contributed by atoms with Crippen LogP contribution in [0, 0.1) is 22.7 Å². The summed E-state index contributed by atoms with van der Waals surface area (Å²) in [7, 11) is 0. The fourth-order valence-electron chi connectivity index (χ4n) is 8.46. The molecule has 1 atom stereocenters. The summed E-state index contributed by atoms with van der Waals surface area (Å²) in [6.07, 6.45) is 38.4. The average molecular weight is 909 g/mol. The molecule has 5 rings (SSSR count). The van der Waals surface area contributed by atoms with Gasteiger partial charge < -0.3 is 9.80 Å². The number of ketones is 1. The second-order valence-electron chi connectivity index (χ2n) is 16.2. The number of benzene rings is 2. The highest BCUT2D eigenvalue weighted by atomic mass is 79.9. The van der Waals surface area contributed by atoms with Gasteiger partial charge in [-0.05, 0) is 72.4 Å². The number of carbonyl (C=O) groups is 1. The van der Waals surface area contributed by atoms with Crippen molar-refractivity contribution >= 4 is 66.0 Å². The van der Waals surface area contributed by atoms with Gasteiger partial charge >= 0.3 is 0 Å². The zero-order chi connectivity index (χ0) is 41.1. The van der Waals surface area contributed by atoms with Crippen LogP contribution in [0.2, 0.25) is 0 Å². The minimum absolute atomic E-state index is 0.0438. The Labute approximate surface area is 366 Å². The third-order valence-corrected chi connectivity index (χ3v) is 12.8. The molecule has 2 aromatic rings. The molecule has 0 bridgehead atoms. The molecule has 0 saturated heterocycles. The van der Waals surface area contributed by atoms with Gasteiger partial charge in [0.25, 0.3) is 0 Å². The van der Waals surface area contributed by atoms with Crippen LogP contribution in [-0.4, -0.2) is 24.7 Å². The maximum absolute atomic E-state index is 14.1. The predicted octanol–water partition coefficient (Wildman–Crippen LogP) is 15.4. The van der Waals surface area contributed by atoms with Crippen molar-refractivity contribution in [3.63, 3.8) is 0 Å². The van der Waals surface area contributed by atoms with Gasteiger partial charge in [-0.3, -0.25) is 10.2 Å². The van der Waals surface area contributed by atoms with Crippen molar-refractivity contribution < 1.29 is 4.79 Å². The number of Topliss-reactive ketones (excluding diaryl/α,β-unsaturated/α-hetero) is 1. The summed E-state index contributed by atoms with van der Waals surface area (Å²) in [5.41, 5.74) is 7.35. The Morgan fingerprint density at radius 2 is 1.10 bits per heavy atom. The second-order valence-corrected chi connectivity index (χ2v) is 18.0. The Hall–Kier alpha value is -3.69. The van der Waals surface area contributed by atoms with Crippen LogP contribution in [0.15, 0.2) is 98.8 Å². The van der Waals surface area contributed by atoms with E-state index in [1.807, 2.05) is 24.3 Å². The van der Waals surface area contributed by atoms with Crippen LogP contribution in [0.1, 0.15) is 153 Å². The van der Waals surface area contributed by atoms with Crippen molar-refractivity contribution in [2.75, 3.05) is 22.9 Å². The van der Waals surface area contributed by atoms with E-state index in [4.69, 9.17) is 5.41 Å². The van der Waals surface area contributed by atoms with E-state index >= 15 is 0 Å². The van der Waals surface area contributed by atoms with Crippen molar-refractivity contribution in [3.8, 4) is 6.07 Å². The van der Waals surface area contributed by atoms with Gasteiger partial charge in [-0.25, -0.2) is 0 Å². The molecule has 2 heterocycles. The molecule has 2 aromatic carbocycles. The summed E-state index contributed by atoms with van der Waals surface area (Å²) in [6, 6.07) is 14.8. The number of hydrogen-bond donors (Lipinski definition) is 1. The first kappa shape index (κ1) is 45.4. The topological polar surface area (TPSA) is 71.2 Å². The lowest BCUT2D eigenvalue weighted by Crippen LogP contribution is -2.31. The average Bonchev–Trinajstić information content (AvgIpc) is 3.23. The van der Waals surface area contributed by atoms with Gasteiger partial charge in [0.1, 0.15) is 11.6 Å². The molecule has 0 fully saturated rings. The molecule has 2 aliphatic heterocycles. The van der Waals surface area contributed by atoms with Gasteiger partial charge in [-0.2, -0.15) is 5.26 Å². The Balaban J connectivity index is 1.28. The molecule has 3 aliphatic rings. The molecular weight excluding hydrogens is 844 g/mol. The van der Waals surface area contributed by atoms with Gasteiger partial charge in [0, 0.05) is 68.1 Å². The van der Waals surface area contributed by atoms with Crippen molar-refractivity contribution in [1.29, 1.82) is 10.7 Å². The zero-order valence-electron chi connectivity index (χ0n) is 35.1. The molecule has 0 saturated carbocycles. The van der Waals surface area contributed by atoms with Gasteiger partial charge in [0.05, 0.1) is 5.92 Å². The van der Waals surface area contributed by atoms with E-state index in [0.717, 1.165) is 68.5 Å². The van der Waals surface area contributed by atoms with Crippen LogP contribution >= 0.6 is 31.9 Å². The molecule has 1 N–H and O–H groups in total. The number of halogens is 2. The van der Waals surface area contributed by atoms with E-state index in [1.54, 1.807) is 0 Å². The summed E-state index contributed by atoms with van der Waals surface area (Å²) in [4.78, 5) is 18.7. The van der Waals surface area contributed by atoms with Crippen LogP contribution in [0.3, 0.4) is 0 Å². The van der Waals surface area contributed by atoms with Crippen LogP contribution in [0.25, 0.3) is 11.1 Å². The van der Waals surface area contributed by atoms with Gasteiger partial charge in [0.15, 0.2) is 5.78 Å². The highest BCUT2D eigenvalue weighted by molar-refractivity contribution is 9.10.